The summed E-state index contributed by atoms with van der Waals surface area (Å²) in [4.78, 5) is 0. The third-order valence-electron chi connectivity index (χ3n) is 6.03. The van der Waals surface area contributed by atoms with Gasteiger partial charge in [-0.2, -0.15) is 0 Å². The molecule has 5 rings (SSSR count). The van der Waals surface area contributed by atoms with Crippen LogP contribution in [-0.4, -0.2) is 39.6 Å². The van der Waals surface area contributed by atoms with Crippen LogP contribution in [0.1, 0.15) is 22.3 Å². The molecule has 0 unspecified atom stereocenters. The van der Waals surface area contributed by atoms with Crippen molar-refractivity contribution < 1.29 is 18.9 Å². The molecule has 0 radical (unpaired) electrons. The Bertz CT molecular complexity index is 1180. The fourth-order valence-corrected chi connectivity index (χ4v) is 4.42. The second-order valence-corrected chi connectivity index (χ2v) is 8.40. The maximum Gasteiger partial charge on any atom is 0.127 e. The quantitative estimate of drug-likeness (QED) is 0.330. The molecule has 0 saturated carbocycles. The molecule has 0 N–H and O–H groups in total. The summed E-state index contributed by atoms with van der Waals surface area (Å²) >= 11 is 0. The molecule has 1 aliphatic rings. The van der Waals surface area contributed by atoms with Crippen molar-refractivity contribution >= 4 is 11.1 Å². The van der Waals surface area contributed by atoms with Crippen LogP contribution in [0.15, 0.2) is 109 Å². The Labute approximate surface area is 212 Å². The maximum atomic E-state index is 6.28. The highest BCUT2D eigenvalue weighted by atomic mass is 16.6. The van der Waals surface area contributed by atoms with E-state index in [0.29, 0.717) is 39.6 Å². The zero-order valence-electron chi connectivity index (χ0n) is 20.3. The molecule has 1 heterocycles. The Morgan fingerprint density at radius 2 is 0.722 bits per heavy atom. The van der Waals surface area contributed by atoms with Crippen LogP contribution in [-0.2, 0) is 9.47 Å². The van der Waals surface area contributed by atoms with E-state index in [1.807, 2.05) is 36.4 Å². The fourth-order valence-electron chi connectivity index (χ4n) is 4.42. The topological polar surface area (TPSA) is 36.9 Å². The van der Waals surface area contributed by atoms with Gasteiger partial charge in [0.25, 0.3) is 0 Å². The van der Waals surface area contributed by atoms with Gasteiger partial charge >= 0.3 is 0 Å². The molecule has 36 heavy (non-hydrogen) atoms. The van der Waals surface area contributed by atoms with E-state index < -0.39 is 0 Å². The van der Waals surface area contributed by atoms with E-state index in [4.69, 9.17) is 18.9 Å². The fraction of sp³-hybridized carbons (Fsp3) is 0.188. The van der Waals surface area contributed by atoms with Gasteiger partial charge < -0.3 is 18.9 Å². The summed E-state index contributed by atoms with van der Waals surface area (Å²) in [6, 6.07) is 37.4. The van der Waals surface area contributed by atoms with Crippen LogP contribution in [0.5, 0.6) is 11.5 Å². The highest BCUT2D eigenvalue weighted by Crippen LogP contribution is 2.42. The van der Waals surface area contributed by atoms with E-state index in [2.05, 4.69) is 72.8 Å². The molecule has 0 amide bonds. The van der Waals surface area contributed by atoms with Gasteiger partial charge in [-0.25, -0.2) is 0 Å². The standard InChI is InChI=1S/C32H30O4/c1-3-11-25(12-4-1)31-27-15-7-9-17-29(27)35-23-21-33-19-20-34-22-24-36-30-18-10-8-16-28(30)32(31)26-13-5-2-6-14-26/h1-18H,19-24H2/b32-31-. The lowest BCUT2D eigenvalue weighted by Crippen LogP contribution is -2.14. The summed E-state index contributed by atoms with van der Waals surface area (Å²) in [6.07, 6.45) is 0. The Morgan fingerprint density at radius 3 is 1.17 bits per heavy atom. The molecule has 182 valence electrons. The number of hydrogen-bond donors (Lipinski definition) is 0. The lowest BCUT2D eigenvalue weighted by atomic mass is 9.85. The minimum atomic E-state index is 0.458. The molecule has 0 aromatic heterocycles. The first-order valence-electron chi connectivity index (χ1n) is 12.4. The zero-order valence-corrected chi connectivity index (χ0v) is 20.3. The minimum Gasteiger partial charge on any atom is -0.491 e. The highest BCUT2D eigenvalue weighted by molar-refractivity contribution is 6.06. The van der Waals surface area contributed by atoms with Crippen LogP contribution >= 0.6 is 0 Å². The largest absolute Gasteiger partial charge is 0.491 e. The second-order valence-electron chi connectivity index (χ2n) is 8.40. The van der Waals surface area contributed by atoms with Gasteiger partial charge in [0.15, 0.2) is 0 Å². The molecule has 0 bridgehead atoms. The third-order valence-corrected chi connectivity index (χ3v) is 6.03. The summed E-state index contributed by atoms with van der Waals surface area (Å²) in [5.74, 6) is 1.63. The van der Waals surface area contributed by atoms with Crippen molar-refractivity contribution in [3.63, 3.8) is 0 Å². The molecular weight excluding hydrogens is 448 g/mol. The first-order chi connectivity index (χ1) is 17.9. The van der Waals surface area contributed by atoms with Crippen molar-refractivity contribution in [2.45, 2.75) is 0 Å². The van der Waals surface area contributed by atoms with Gasteiger partial charge in [-0.1, -0.05) is 97.1 Å². The van der Waals surface area contributed by atoms with Gasteiger partial charge in [-0.3, -0.25) is 0 Å². The van der Waals surface area contributed by atoms with Crippen LogP contribution in [0.4, 0.5) is 0 Å². The van der Waals surface area contributed by atoms with Crippen molar-refractivity contribution in [2.75, 3.05) is 39.6 Å². The normalized spacial score (nSPS) is 17.2. The van der Waals surface area contributed by atoms with E-state index in [1.54, 1.807) is 0 Å². The van der Waals surface area contributed by atoms with Crippen molar-refractivity contribution in [2.24, 2.45) is 0 Å². The first kappa shape index (κ1) is 23.9. The van der Waals surface area contributed by atoms with Crippen molar-refractivity contribution in [3.8, 4) is 11.5 Å². The molecule has 4 aromatic carbocycles. The van der Waals surface area contributed by atoms with Crippen LogP contribution in [0.2, 0.25) is 0 Å². The predicted octanol–water partition coefficient (Wildman–Crippen LogP) is 6.50. The molecule has 0 aliphatic carbocycles. The van der Waals surface area contributed by atoms with E-state index in [0.717, 1.165) is 44.9 Å². The number of para-hydroxylation sites is 2. The van der Waals surface area contributed by atoms with Crippen molar-refractivity contribution in [1.82, 2.24) is 0 Å². The van der Waals surface area contributed by atoms with Crippen LogP contribution in [0, 0.1) is 0 Å². The van der Waals surface area contributed by atoms with Gasteiger partial charge in [0, 0.05) is 22.3 Å². The third kappa shape index (κ3) is 5.68. The summed E-state index contributed by atoms with van der Waals surface area (Å²) in [7, 11) is 0. The smallest absolute Gasteiger partial charge is 0.127 e. The van der Waals surface area contributed by atoms with Gasteiger partial charge in [0.05, 0.1) is 26.4 Å². The molecule has 1 aliphatic heterocycles. The summed E-state index contributed by atoms with van der Waals surface area (Å²) in [5, 5.41) is 0. The van der Waals surface area contributed by atoms with Gasteiger partial charge in [0.1, 0.15) is 24.7 Å². The Kier molecular flexibility index (Phi) is 8.09. The first-order valence-corrected chi connectivity index (χ1v) is 12.4. The Morgan fingerprint density at radius 1 is 0.361 bits per heavy atom. The number of hydrogen-bond acceptors (Lipinski definition) is 4. The second kappa shape index (κ2) is 12.2. The lowest BCUT2D eigenvalue weighted by molar-refractivity contribution is 0.0273. The molecular formula is C32H30O4. The van der Waals surface area contributed by atoms with Crippen LogP contribution in [0.25, 0.3) is 11.1 Å². The van der Waals surface area contributed by atoms with Crippen LogP contribution in [0.3, 0.4) is 0 Å². The summed E-state index contributed by atoms with van der Waals surface area (Å²) in [5.41, 5.74) is 6.40. The highest BCUT2D eigenvalue weighted by Gasteiger charge is 2.21. The van der Waals surface area contributed by atoms with Crippen LogP contribution < -0.4 is 9.47 Å². The number of rotatable bonds is 2. The van der Waals surface area contributed by atoms with Crippen molar-refractivity contribution in [1.29, 1.82) is 0 Å². The van der Waals surface area contributed by atoms with Gasteiger partial charge in [-0.05, 0) is 23.3 Å². The Hall–Kier alpha value is -3.86. The molecule has 0 fully saturated rings. The lowest BCUT2D eigenvalue weighted by Gasteiger charge is -2.22. The monoisotopic (exact) mass is 478 g/mol. The van der Waals surface area contributed by atoms with Crippen molar-refractivity contribution in [3.05, 3.63) is 131 Å². The molecule has 4 aromatic rings. The average Bonchev–Trinajstić information content (AvgIpc) is 2.94. The zero-order chi connectivity index (χ0) is 24.4. The number of ether oxygens (including phenoxy) is 4. The molecule has 4 nitrogen and oxygen atoms in total. The van der Waals surface area contributed by atoms with Gasteiger partial charge in [-0.15, -0.1) is 0 Å². The maximum absolute atomic E-state index is 6.28. The predicted molar refractivity (Wildman–Crippen MR) is 143 cm³/mol. The average molecular weight is 479 g/mol. The molecule has 0 atom stereocenters. The number of fused-ring (bicyclic) bond motifs is 2. The minimum absolute atomic E-state index is 0.458. The van der Waals surface area contributed by atoms with Gasteiger partial charge in [0.2, 0.25) is 0 Å². The van der Waals surface area contributed by atoms with E-state index in [-0.39, 0.29) is 0 Å². The molecule has 4 heteroatoms. The van der Waals surface area contributed by atoms with E-state index in [1.165, 1.54) is 0 Å². The van der Waals surface area contributed by atoms with E-state index >= 15 is 0 Å². The summed E-state index contributed by atoms with van der Waals surface area (Å²) in [6.45, 7) is 2.95. The molecule has 0 saturated heterocycles. The summed E-state index contributed by atoms with van der Waals surface area (Å²) < 4.78 is 24.0. The van der Waals surface area contributed by atoms with E-state index in [9.17, 15) is 0 Å². The number of benzene rings is 4. The SMILES string of the molecule is c1ccc(/C2=C(\c3ccccc3)c3ccccc3OCCOCCOCCOc3ccccc32)cc1. The Balaban J connectivity index is 1.80. The molecule has 0 spiro atoms.